The first-order valence-electron chi connectivity index (χ1n) is 6.07. The molecule has 0 saturated carbocycles. The lowest BCUT2D eigenvalue weighted by molar-refractivity contribution is -0.121. The van der Waals surface area contributed by atoms with Crippen LogP contribution in [-0.2, 0) is 11.2 Å². The third kappa shape index (κ3) is 6.37. The van der Waals surface area contributed by atoms with E-state index >= 15 is 0 Å². The van der Waals surface area contributed by atoms with E-state index in [0.717, 1.165) is 25.1 Å². The fourth-order valence-electron chi connectivity index (χ4n) is 1.54. The Morgan fingerprint density at radius 3 is 3.06 bits per heavy atom. The zero-order chi connectivity index (χ0) is 12.5. The van der Waals surface area contributed by atoms with Crippen molar-refractivity contribution in [3.63, 3.8) is 0 Å². The van der Waals surface area contributed by atoms with Gasteiger partial charge in [0, 0.05) is 25.3 Å². The third-order valence-corrected chi connectivity index (χ3v) is 3.16. The van der Waals surface area contributed by atoms with Gasteiger partial charge in [0.15, 0.2) is 0 Å². The van der Waals surface area contributed by atoms with Gasteiger partial charge < -0.3 is 9.73 Å². The van der Waals surface area contributed by atoms with E-state index in [9.17, 15) is 4.79 Å². The van der Waals surface area contributed by atoms with Crippen LogP contribution < -0.4 is 5.32 Å². The summed E-state index contributed by atoms with van der Waals surface area (Å²) in [7, 11) is 0. The molecule has 0 radical (unpaired) electrons. The van der Waals surface area contributed by atoms with E-state index in [4.69, 9.17) is 16.0 Å². The Bertz CT molecular complexity index is 311. The third-order valence-electron chi connectivity index (χ3n) is 2.64. The Kier molecular flexibility index (Phi) is 6.78. The van der Waals surface area contributed by atoms with Gasteiger partial charge >= 0.3 is 0 Å². The Labute approximate surface area is 108 Å². The zero-order valence-corrected chi connectivity index (χ0v) is 11.0. The lowest BCUT2D eigenvalue weighted by Crippen LogP contribution is -2.24. The highest BCUT2D eigenvalue weighted by molar-refractivity contribution is 6.18. The lowest BCUT2D eigenvalue weighted by Gasteiger charge is -2.07. The van der Waals surface area contributed by atoms with Gasteiger partial charge in [-0.1, -0.05) is 6.92 Å². The number of hydrogen-bond acceptors (Lipinski definition) is 2. The summed E-state index contributed by atoms with van der Waals surface area (Å²) in [5, 5.41) is 2.90. The summed E-state index contributed by atoms with van der Waals surface area (Å²) in [5.74, 6) is 2.15. The van der Waals surface area contributed by atoms with Gasteiger partial charge in [0.2, 0.25) is 5.91 Å². The van der Waals surface area contributed by atoms with E-state index in [2.05, 4.69) is 12.2 Å². The second-order valence-electron chi connectivity index (χ2n) is 4.33. The molecule has 0 aliphatic carbocycles. The van der Waals surface area contributed by atoms with Crippen LogP contribution in [0.1, 0.15) is 31.9 Å². The SMILES string of the molecule is CC(CCl)CCCNC(=O)CCc1ccco1. The first kappa shape index (κ1) is 14.1. The van der Waals surface area contributed by atoms with Crippen molar-refractivity contribution < 1.29 is 9.21 Å². The Morgan fingerprint density at radius 2 is 2.41 bits per heavy atom. The molecule has 4 heteroatoms. The molecule has 17 heavy (non-hydrogen) atoms. The summed E-state index contributed by atoms with van der Waals surface area (Å²) in [6.07, 6.45) is 4.82. The molecule has 0 bridgehead atoms. The topological polar surface area (TPSA) is 42.2 Å². The van der Waals surface area contributed by atoms with Gasteiger partial charge in [-0.25, -0.2) is 0 Å². The van der Waals surface area contributed by atoms with Gasteiger partial charge in [-0.2, -0.15) is 0 Å². The van der Waals surface area contributed by atoms with E-state index < -0.39 is 0 Å². The molecule has 0 saturated heterocycles. The maximum atomic E-state index is 11.5. The predicted octanol–water partition coefficient (Wildman–Crippen LogP) is 2.98. The molecule has 0 aromatic carbocycles. The molecule has 1 rings (SSSR count). The predicted molar refractivity (Wildman–Crippen MR) is 69.2 cm³/mol. The van der Waals surface area contributed by atoms with Crippen LogP contribution in [0.5, 0.6) is 0 Å². The van der Waals surface area contributed by atoms with E-state index in [1.807, 2.05) is 12.1 Å². The van der Waals surface area contributed by atoms with Crippen LogP contribution >= 0.6 is 11.6 Å². The minimum absolute atomic E-state index is 0.0833. The summed E-state index contributed by atoms with van der Waals surface area (Å²) < 4.78 is 5.16. The van der Waals surface area contributed by atoms with Crippen LogP contribution in [0.3, 0.4) is 0 Å². The summed E-state index contributed by atoms with van der Waals surface area (Å²) in [5.41, 5.74) is 0. The molecule has 1 atom stereocenters. The maximum absolute atomic E-state index is 11.5. The van der Waals surface area contributed by atoms with E-state index in [0.29, 0.717) is 24.6 Å². The number of amides is 1. The van der Waals surface area contributed by atoms with Crippen LogP contribution in [0.15, 0.2) is 22.8 Å². The zero-order valence-electron chi connectivity index (χ0n) is 10.2. The summed E-state index contributed by atoms with van der Waals surface area (Å²) in [6, 6.07) is 3.72. The highest BCUT2D eigenvalue weighted by atomic mass is 35.5. The molecule has 1 aromatic heterocycles. The first-order chi connectivity index (χ1) is 8.22. The number of hydrogen-bond donors (Lipinski definition) is 1. The number of furan rings is 1. The number of aryl methyl sites for hydroxylation is 1. The molecule has 0 fully saturated rings. The van der Waals surface area contributed by atoms with Crippen LogP contribution in [0.4, 0.5) is 0 Å². The number of rotatable bonds is 8. The van der Waals surface area contributed by atoms with Gasteiger partial charge in [0.1, 0.15) is 5.76 Å². The van der Waals surface area contributed by atoms with Crippen molar-refractivity contribution in [3.8, 4) is 0 Å². The number of nitrogens with one attached hydrogen (secondary N) is 1. The quantitative estimate of drug-likeness (QED) is 0.575. The second-order valence-corrected chi connectivity index (χ2v) is 4.64. The van der Waals surface area contributed by atoms with Gasteiger partial charge in [-0.3, -0.25) is 4.79 Å². The van der Waals surface area contributed by atoms with Crippen LogP contribution in [0, 0.1) is 5.92 Å². The summed E-state index contributed by atoms with van der Waals surface area (Å²) >= 11 is 5.70. The number of halogens is 1. The molecular weight excluding hydrogens is 238 g/mol. The van der Waals surface area contributed by atoms with Gasteiger partial charge in [-0.15, -0.1) is 11.6 Å². The van der Waals surface area contributed by atoms with Crippen molar-refractivity contribution in [2.45, 2.75) is 32.6 Å². The van der Waals surface area contributed by atoms with Crippen LogP contribution in [-0.4, -0.2) is 18.3 Å². The Morgan fingerprint density at radius 1 is 1.59 bits per heavy atom. The fourth-order valence-corrected chi connectivity index (χ4v) is 1.69. The van der Waals surface area contributed by atoms with Crippen molar-refractivity contribution >= 4 is 17.5 Å². The minimum atomic E-state index is 0.0833. The molecule has 0 aliphatic heterocycles. The average molecular weight is 258 g/mol. The second kappa shape index (κ2) is 8.18. The molecule has 1 N–H and O–H groups in total. The molecule has 96 valence electrons. The number of carbonyl (C=O) groups is 1. The standard InChI is InChI=1S/C13H20ClNO2/c1-11(10-14)4-2-8-15-13(16)7-6-12-5-3-9-17-12/h3,5,9,11H,2,4,6-8,10H2,1H3,(H,15,16). The first-order valence-corrected chi connectivity index (χ1v) is 6.61. The molecule has 3 nitrogen and oxygen atoms in total. The molecule has 1 amide bonds. The van der Waals surface area contributed by atoms with Crippen molar-refractivity contribution in [2.75, 3.05) is 12.4 Å². The van der Waals surface area contributed by atoms with Crippen molar-refractivity contribution in [1.82, 2.24) is 5.32 Å². The summed E-state index contributed by atoms with van der Waals surface area (Å²) in [6.45, 7) is 2.85. The Balaban J connectivity index is 2.02. The van der Waals surface area contributed by atoms with Crippen LogP contribution in [0.2, 0.25) is 0 Å². The minimum Gasteiger partial charge on any atom is -0.469 e. The Hall–Kier alpha value is -0.960. The molecule has 1 aromatic rings. The monoisotopic (exact) mass is 257 g/mol. The molecular formula is C13H20ClNO2. The number of carbonyl (C=O) groups excluding carboxylic acids is 1. The lowest BCUT2D eigenvalue weighted by atomic mass is 10.1. The van der Waals surface area contributed by atoms with Gasteiger partial charge in [-0.05, 0) is 30.9 Å². The van der Waals surface area contributed by atoms with Crippen LogP contribution in [0.25, 0.3) is 0 Å². The maximum Gasteiger partial charge on any atom is 0.220 e. The van der Waals surface area contributed by atoms with Crippen molar-refractivity contribution in [1.29, 1.82) is 0 Å². The highest BCUT2D eigenvalue weighted by Gasteiger charge is 2.04. The highest BCUT2D eigenvalue weighted by Crippen LogP contribution is 2.06. The largest absolute Gasteiger partial charge is 0.469 e. The molecule has 1 unspecified atom stereocenters. The van der Waals surface area contributed by atoms with Gasteiger partial charge in [0.25, 0.3) is 0 Å². The van der Waals surface area contributed by atoms with Gasteiger partial charge in [0.05, 0.1) is 6.26 Å². The van der Waals surface area contributed by atoms with E-state index in [1.165, 1.54) is 0 Å². The normalized spacial score (nSPS) is 12.4. The van der Waals surface area contributed by atoms with E-state index in [1.54, 1.807) is 6.26 Å². The summed E-state index contributed by atoms with van der Waals surface area (Å²) in [4.78, 5) is 11.5. The van der Waals surface area contributed by atoms with E-state index in [-0.39, 0.29) is 5.91 Å². The number of alkyl halides is 1. The fraction of sp³-hybridized carbons (Fsp3) is 0.615. The van der Waals surface area contributed by atoms with Crippen molar-refractivity contribution in [2.24, 2.45) is 5.92 Å². The average Bonchev–Trinajstić information content (AvgIpc) is 2.84. The van der Waals surface area contributed by atoms with Crippen molar-refractivity contribution in [3.05, 3.63) is 24.2 Å². The smallest absolute Gasteiger partial charge is 0.220 e. The molecule has 1 heterocycles. The molecule has 0 spiro atoms. The molecule has 0 aliphatic rings.